The Kier molecular flexibility index (Phi) is 4.32. The highest BCUT2D eigenvalue weighted by Crippen LogP contribution is 2.44. The lowest BCUT2D eigenvalue weighted by atomic mass is 9.83. The first-order valence-electron chi connectivity index (χ1n) is 10.2. The zero-order valence-electron chi connectivity index (χ0n) is 16.9. The number of para-hydroxylation sites is 1. The number of nitrogens with one attached hydrogen (secondary N) is 1. The summed E-state index contributed by atoms with van der Waals surface area (Å²) in [6.45, 7) is 2.36. The van der Waals surface area contributed by atoms with E-state index in [1.54, 1.807) is 25.2 Å². The summed E-state index contributed by atoms with van der Waals surface area (Å²) in [6.07, 6.45) is 4.46. The minimum atomic E-state index is -0.274. The van der Waals surface area contributed by atoms with E-state index in [9.17, 15) is 4.79 Å². The van der Waals surface area contributed by atoms with Crippen LogP contribution in [0.25, 0.3) is 10.9 Å². The van der Waals surface area contributed by atoms with Gasteiger partial charge < -0.3 is 19.5 Å². The summed E-state index contributed by atoms with van der Waals surface area (Å²) >= 11 is 0. The van der Waals surface area contributed by atoms with Gasteiger partial charge in [-0.2, -0.15) is 0 Å². The number of piperidine rings is 1. The van der Waals surface area contributed by atoms with E-state index in [-0.39, 0.29) is 11.5 Å². The molecule has 1 aromatic carbocycles. The van der Waals surface area contributed by atoms with Gasteiger partial charge in [0.2, 0.25) is 0 Å². The number of H-pyrrole nitrogens is 1. The number of aromatic nitrogens is 2. The summed E-state index contributed by atoms with van der Waals surface area (Å²) in [4.78, 5) is 24.6. The Hall–Kier alpha value is -2.86. The third-order valence-electron chi connectivity index (χ3n) is 6.29. The SMILES string of the molecule is CN(C)C(=O)c1cccnc1N1CCC2(CC1)OCCc1c2[nH]c2ccccc12. The molecule has 0 atom stereocenters. The Labute approximate surface area is 170 Å². The van der Waals surface area contributed by atoms with Gasteiger partial charge in [0, 0.05) is 44.3 Å². The largest absolute Gasteiger partial charge is 0.368 e. The number of aromatic amines is 1. The summed E-state index contributed by atoms with van der Waals surface area (Å²) in [5.41, 5.74) is 4.22. The highest BCUT2D eigenvalue weighted by molar-refractivity contribution is 5.98. The number of carbonyl (C=O) groups is 1. The monoisotopic (exact) mass is 390 g/mol. The number of rotatable bonds is 2. The van der Waals surface area contributed by atoms with Gasteiger partial charge in [-0.25, -0.2) is 4.98 Å². The van der Waals surface area contributed by atoms with Crippen molar-refractivity contribution >= 4 is 22.6 Å². The van der Waals surface area contributed by atoms with Crippen LogP contribution in [0.5, 0.6) is 0 Å². The summed E-state index contributed by atoms with van der Waals surface area (Å²) < 4.78 is 6.41. The number of hydrogen-bond donors (Lipinski definition) is 1. The third kappa shape index (κ3) is 2.90. The molecule has 2 aliphatic rings. The van der Waals surface area contributed by atoms with E-state index < -0.39 is 0 Å². The second-order valence-electron chi connectivity index (χ2n) is 8.18. The molecule has 6 heteroatoms. The van der Waals surface area contributed by atoms with Crippen LogP contribution in [0.1, 0.15) is 34.5 Å². The van der Waals surface area contributed by atoms with Crippen molar-refractivity contribution in [3.8, 4) is 0 Å². The van der Waals surface area contributed by atoms with E-state index in [0.29, 0.717) is 5.56 Å². The fourth-order valence-electron chi connectivity index (χ4n) is 4.80. The average molecular weight is 390 g/mol. The molecule has 29 heavy (non-hydrogen) atoms. The van der Waals surface area contributed by atoms with E-state index in [4.69, 9.17) is 4.74 Å². The fourth-order valence-corrected chi connectivity index (χ4v) is 4.80. The first-order valence-corrected chi connectivity index (χ1v) is 10.2. The van der Waals surface area contributed by atoms with E-state index in [0.717, 1.165) is 44.8 Å². The number of anilines is 1. The van der Waals surface area contributed by atoms with Crippen LogP contribution in [0.3, 0.4) is 0 Å². The predicted molar refractivity (Wildman–Crippen MR) is 113 cm³/mol. The fraction of sp³-hybridized carbons (Fsp3) is 0.391. The Bertz CT molecular complexity index is 1060. The first kappa shape index (κ1) is 18.2. The zero-order valence-corrected chi connectivity index (χ0v) is 16.9. The molecule has 150 valence electrons. The van der Waals surface area contributed by atoms with Gasteiger partial charge in [0.1, 0.15) is 11.4 Å². The number of benzene rings is 1. The smallest absolute Gasteiger partial charge is 0.257 e. The number of pyridine rings is 1. The van der Waals surface area contributed by atoms with Crippen molar-refractivity contribution in [2.24, 2.45) is 0 Å². The van der Waals surface area contributed by atoms with Gasteiger partial charge in [-0.05, 0) is 43.0 Å². The number of amides is 1. The van der Waals surface area contributed by atoms with Crippen molar-refractivity contribution in [3.05, 3.63) is 59.4 Å². The molecule has 2 aromatic heterocycles. The number of nitrogens with zero attached hydrogens (tertiary/aromatic N) is 3. The van der Waals surface area contributed by atoms with Crippen molar-refractivity contribution in [3.63, 3.8) is 0 Å². The molecule has 1 fully saturated rings. The van der Waals surface area contributed by atoms with Gasteiger partial charge in [0.05, 0.1) is 17.9 Å². The molecule has 1 N–H and O–H groups in total. The van der Waals surface area contributed by atoms with E-state index in [1.165, 1.54) is 22.2 Å². The molecule has 1 amide bonds. The minimum Gasteiger partial charge on any atom is -0.368 e. The maximum atomic E-state index is 12.6. The molecule has 1 saturated heterocycles. The topological polar surface area (TPSA) is 61.5 Å². The highest BCUT2D eigenvalue weighted by atomic mass is 16.5. The number of ether oxygens (including phenoxy) is 1. The standard InChI is InChI=1S/C23H26N4O2/c1-26(2)22(28)18-7-5-12-24-21(18)27-13-10-23(11-14-27)20-17(9-15-29-23)16-6-3-4-8-19(16)25-20/h3-8,12,25H,9-11,13-15H2,1-2H3. The zero-order chi connectivity index (χ0) is 20.0. The quantitative estimate of drug-likeness (QED) is 0.729. The molecule has 6 nitrogen and oxygen atoms in total. The van der Waals surface area contributed by atoms with Gasteiger partial charge in [0.25, 0.3) is 5.91 Å². The van der Waals surface area contributed by atoms with Crippen LogP contribution in [0, 0.1) is 0 Å². The van der Waals surface area contributed by atoms with E-state index >= 15 is 0 Å². The molecule has 4 heterocycles. The van der Waals surface area contributed by atoms with Crippen LogP contribution in [0.4, 0.5) is 5.82 Å². The van der Waals surface area contributed by atoms with Gasteiger partial charge in [-0.3, -0.25) is 4.79 Å². The van der Waals surface area contributed by atoms with Crippen molar-refractivity contribution in [2.45, 2.75) is 24.9 Å². The molecule has 5 rings (SSSR count). The molecule has 1 spiro atoms. The summed E-state index contributed by atoms with van der Waals surface area (Å²) in [6, 6.07) is 12.2. The van der Waals surface area contributed by atoms with Gasteiger partial charge >= 0.3 is 0 Å². The van der Waals surface area contributed by atoms with Crippen LogP contribution in [0.15, 0.2) is 42.6 Å². The molecule has 0 bridgehead atoms. The second-order valence-corrected chi connectivity index (χ2v) is 8.18. The lowest BCUT2D eigenvalue weighted by Gasteiger charge is -2.44. The van der Waals surface area contributed by atoms with Crippen molar-refractivity contribution in [1.29, 1.82) is 0 Å². The highest BCUT2D eigenvalue weighted by Gasteiger charge is 2.43. The Morgan fingerprint density at radius 1 is 1.17 bits per heavy atom. The molecular formula is C23H26N4O2. The minimum absolute atomic E-state index is 0.0137. The lowest BCUT2D eigenvalue weighted by Crippen LogP contribution is -2.47. The molecule has 0 saturated carbocycles. The Balaban J connectivity index is 1.45. The molecule has 0 unspecified atom stereocenters. The molecule has 0 aliphatic carbocycles. The van der Waals surface area contributed by atoms with Crippen molar-refractivity contribution < 1.29 is 9.53 Å². The maximum Gasteiger partial charge on any atom is 0.257 e. The van der Waals surface area contributed by atoms with Crippen LogP contribution >= 0.6 is 0 Å². The third-order valence-corrected chi connectivity index (χ3v) is 6.29. The van der Waals surface area contributed by atoms with Crippen molar-refractivity contribution in [1.82, 2.24) is 14.9 Å². The summed E-state index contributed by atoms with van der Waals surface area (Å²) in [7, 11) is 3.55. The number of carbonyl (C=O) groups excluding carboxylic acids is 1. The molecular weight excluding hydrogens is 364 g/mol. The van der Waals surface area contributed by atoms with Crippen LogP contribution in [-0.2, 0) is 16.8 Å². The predicted octanol–water partition coefficient (Wildman–Crippen LogP) is 3.33. The summed E-state index contributed by atoms with van der Waals surface area (Å²) in [5, 5.41) is 1.32. The van der Waals surface area contributed by atoms with Gasteiger partial charge in [-0.1, -0.05) is 18.2 Å². The second kappa shape index (κ2) is 6.88. The van der Waals surface area contributed by atoms with Crippen LogP contribution < -0.4 is 4.90 Å². The normalized spacial score (nSPS) is 18.1. The lowest BCUT2D eigenvalue weighted by molar-refractivity contribution is -0.0791. The number of fused-ring (bicyclic) bond motifs is 4. The van der Waals surface area contributed by atoms with E-state index in [2.05, 4.69) is 39.1 Å². The maximum absolute atomic E-state index is 12.6. The summed E-state index contributed by atoms with van der Waals surface area (Å²) in [5.74, 6) is 0.758. The first-order chi connectivity index (χ1) is 14.1. The van der Waals surface area contributed by atoms with Crippen LogP contribution in [0.2, 0.25) is 0 Å². The Morgan fingerprint density at radius 2 is 1.97 bits per heavy atom. The average Bonchev–Trinajstić information content (AvgIpc) is 3.14. The van der Waals surface area contributed by atoms with E-state index in [1.807, 2.05) is 12.1 Å². The molecule has 0 radical (unpaired) electrons. The van der Waals surface area contributed by atoms with Gasteiger partial charge in [-0.15, -0.1) is 0 Å². The Morgan fingerprint density at radius 3 is 2.76 bits per heavy atom. The van der Waals surface area contributed by atoms with Crippen LogP contribution in [-0.4, -0.2) is 54.6 Å². The molecule has 2 aliphatic heterocycles. The van der Waals surface area contributed by atoms with Gasteiger partial charge in [0.15, 0.2) is 0 Å². The van der Waals surface area contributed by atoms with Crippen molar-refractivity contribution in [2.75, 3.05) is 38.7 Å². The number of hydrogen-bond acceptors (Lipinski definition) is 4. The molecule has 3 aromatic rings.